The fourth-order valence-corrected chi connectivity index (χ4v) is 11.1. The van der Waals surface area contributed by atoms with E-state index in [2.05, 4.69) is 149 Å². The van der Waals surface area contributed by atoms with Gasteiger partial charge in [-0.1, -0.05) is 263 Å². The predicted octanol–water partition coefficient (Wildman–Crippen LogP) is 21.9. The summed E-state index contributed by atoms with van der Waals surface area (Å²) >= 11 is 0. The van der Waals surface area contributed by atoms with Crippen molar-refractivity contribution in [1.29, 1.82) is 0 Å². The second kappa shape index (κ2) is 72.3. The predicted molar refractivity (Wildman–Crippen MR) is 408 cm³/mol. The number of unbranched alkanes of at least 4 members (excludes halogenated alkanes) is 21. The zero-order valence-electron chi connectivity index (χ0n) is 62.1. The summed E-state index contributed by atoms with van der Waals surface area (Å²) in [5.41, 5.74) is 0. The van der Waals surface area contributed by atoms with Crippen molar-refractivity contribution in [2.45, 2.75) is 303 Å². The smallest absolute Gasteiger partial charge is 0.462 e. The van der Waals surface area contributed by atoms with Crippen LogP contribution in [0.5, 0.6) is 0 Å². The Morgan fingerprint density at radius 2 is 0.580 bits per heavy atom. The van der Waals surface area contributed by atoms with Crippen LogP contribution in [0.15, 0.2) is 146 Å². The summed E-state index contributed by atoms with van der Waals surface area (Å²) in [6.07, 6.45) is 81.5. The van der Waals surface area contributed by atoms with E-state index in [9.17, 15) is 43.2 Å². The number of phosphoric ester groups is 2. The molecule has 0 radical (unpaired) electrons. The van der Waals surface area contributed by atoms with Gasteiger partial charge in [0.1, 0.15) is 19.3 Å². The van der Waals surface area contributed by atoms with Crippen LogP contribution in [0.2, 0.25) is 0 Å². The normalized spacial score (nSPS) is 14.8. The molecule has 0 aromatic heterocycles. The number of hydrogen-bond donors (Lipinski definition) is 3. The number of esters is 4. The molecule has 570 valence electrons. The van der Waals surface area contributed by atoms with Crippen molar-refractivity contribution in [3.63, 3.8) is 0 Å². The summed E-state index contributed by atoms with van der Waals surface area (Å²) in [5, 5.41) is 10.6. The van der Waals surface area contributed by atoms with Gasteiger partial charge in [-0.05, 0) is 141 Å². The molecule has 5 atom stereocenters. The van der Waals surface area contributed by atoms with Gasteiger partial charge in [-0.3, -0.25) is 37.3 Å². The number of aliphatic hydroxyl groups excluding tert-OH is 1. The zero-order valence-corrected chi connectivity index (χ0v) is 63.9. The Kier molecular flexibility index (Phi) is 68.6. The maximum absolute atomic E-state index is 13.1. The minimum atomic E-state index is -5.01. The maximum Gasteiger partial charge on any atom is 0.472 e. The van der Waals surface area contributed by atoms with Crippen molar-refractivity contribution in [3.8, 4) is 0 Å². The van der Waals surface area contributed by atoms with Crippen molar-refractivity contribution in [2.75, 3.05) is 39.6 Å². The van der Waals surface area contributed by atoms with Crippen LogP contribution in [-0.4, -0.2) is 96.7 Å². The van der Waals surface area contributed by atoms with Crippen molar-refractivity contribution in [2.24, 2.45) is 0 Å². The van der Waals surface area contributed by atoms with Gasteiger partial charge >= 0.3 is 39.5 Å². The molecule has 0 heterocycles. The van der Waals surface area contributed by atoms with E-state index in [0.717, 1.165) is 186 Å². The topological polar surface area (TPSA) is 237 Å². The van der Waals surface area contributed by atoms with E-state index in [1.165, 1.54) is 19.3 Å². The SMILES string of the molecule is CC/C=C\C/C=C\C/C=C\C/C=C\C/C=C\CC(=O)OC(COC(=O)CCCCCCCCC/C=C\C/C=C\C/C=C\CC)COP(=O)(O)OCC(O)COP(=O)(O)OCC(COC(=O)CCCCCCC/C=C\C/C=C\CCCCC)OC(=O)CCCCCCC/C=C\C/C=C\CCC. The second-order valence-corrected chi connectivity index (χ2v) is 27.7. The minimum absolute atomic E-state index is 0.0696. The number of aliphatic hydroxyl groups is 1. The molecule has 0 saturated carbocycles. The number of allylic oxidation sites excluding steroid dienone is 23. The second-order valence-electron chi connectivity index (χ2n) is 24.8. The maximum atomic E-state index is 13.1. The molecule has 0 bridgehead atoms. The van der Waals surface area contributed by atoms with Crippen LogP contribution in [0.1, 0.15) is 285 Å². The van der Waals surface area contributed by atoms with E-state index in [-0.39, 0.29) is 25.7 Å². The highest BCUT2D eigenvalue weighted by molar-refractivity contribution is 7.47. The summed E-state index contributed by atoms with van der Waals surface area (Å²) < 4.78 is 68.3. The summed E-state index contributed by atoms with van der Waals surface area (Å²) in [6.45, 7) is 4.38. The number of hydrogen-bond acceptors (Lipinski definition) is 15. The van der Waals surface area contributed by atoms with Gasteiger partial charge in [-0.15, -0.1) is 0 Å². The number of phosphoric acid groups is 2. The first-order valence-electron chi connectivity index (χ1n) is 38.1. The molecule has 0 rings (SSSR count). The number of ether oxygens (including phenoxy) is 4. The van der Waals surface area contributed by atoms with Crippen LogP contribution in [0.4, 0.5) is 0 Å². The Labute approximate surface area is 605 Å². The summed E-state index contributed by atoms with van der Waals surface area (Å²) in [7, 11) is -10.00. The van der Waals surface area contributed by atoms with E-state index in [1.54, 1.807) is 12.2 Å². The molecule has 100 heavy (non-hydrogen) atoms. The van der Waals surface area contributed by atoms with E-state index < -0.39 is 97.5 Å². The fraction of sp³-hybridized carbons (Fsp3) is 0.654. The van der Waals surface area contributed by atoms with Crippen molar-refractivity contribution in [3.05, 3.63) is 146 Å². The van der Waals surface area contributed by atoms with Crippen LogP contribution >= 0.6 is 15.6 Å². The molecule has 0 aliphatic heterocycles. The average molecular weight is 1440 g/mol. The molecule has 19 heteroatoms. The van der Waals surface area contributed by atoms with Gasteiger partial charge in [0.2, 0.25) is 0 Å². The molecule has 0 aliphatic rings. The minimum Gasteiger partial charge on any atom is -0.462 e. The molecular weight excluding hydrogens is 1310 g/mol. The molecule has 0 fully saturated rings. The highest BCUT2D eigenvalue weighted by atomic mass is 31.2. The molecule has 0 amide bonds. The fourth-order valence-electron chi connectivity index (χ4n) is 9.55. The molecule has 0 spiro atoms. The van der Waals surface area contributed by atoms with Crippen LogP contribution in [0, 0.1) is 0 Å². The van der Waals surface area contributed by atoms with Gasteiger partial charge in [-0.2, -0.15) is 0 Å². The highest BCUT2D eigenvalue weighted by Gasteiger charge is 2.30. The van der Waals surface area contributed by atoms with Crippen molar-refractivity contribution >= 4 is 39.5 Å². The van der Waals surface area contributed by atoms with Crippen LogP contribution in [0.25, 0.3) is 0 Å². The zero-order chi connectivity index (χ0) is 73.2. The van der Waals surface area contributed by atoms with Gasteiger partial charge in [0.05, 0.1) is 32.8 Å². The molecule has 0 aromatic rings. The number of carbonyl (C=O) groups excluding carboxylic acids is 4. The Bertz CT molecular complexity index is 2470. The third-order valence-corrected chi connectivity index (χ3v) is 17.2. The number of carbonyl (C=O) groups is 4. The van der Waals surface area contributed by atoms with Crippen molar-refractivity contribution < 1.29 is 80.2 Å². The summed E-state index contributed by atoms with van der Waals surface area (Å²) in [5.74, 6) is -2.37. The Morgan fingerprint density at radius 1 is 0.300 bits per heavy atom. The van der Waals surface area contributed by atoms with Gasteiger partial charge in [0.25, 0.3) is 0 Å². The van der Waals surface area contributed by atoms with E-state index >= 15 is 0 Å². The van der Waals surface area contributed by atoms with Gasteiger partial charge in [-0.25, -0.2) is 9.13 Å². The van der Waals surface area contributed by atoms with E-state index in [1.807, 2.05) is 12.2 Å². The first-order valence-corrected chi connectivity index (χ1v) is 41.1. The van der Waals surface area contributed by atoms with E-state index in [0.29, 0.717) is 25.7 Å². The third-order valence-electron chi connectivity index (χ3n) is 15.3. The molecule has 17 nitrogen and oxygen atoms in total. The summed E-state index contributed by atoms with van der Waals surface area (Å²) in [6, 6.07) is 0. The van der Waals surface area contributed by atoms with Crippen LogP contribution in [-0.2, 0) is 65.4 Å². The average Bonchev–Trinajstić information content (AvgIpc) is 0.932. The Morgan fingerprint density at radius 3 is 0.930 bits per heavy atom. The first kappa shape index (κ1) is 94.9. The quantitative estimate of drug-likeness (QED) is 0.0169. The summed E-state index contributed by atoms with van der Waals surface area (Å²) in [4.78, 5) is 72.8. The molecule has 0 aliphatic carbocycles. The van der Waals surface area contributed by atoms with Gasteiger partial charge in [0.15, 0.2) is 12.2 Å². The van der Waals surface area contributed by atoms with Crippen LogP contribution in [0.3, 0.4) is 0 Å². The molecule has 3 N–H and O–H groups in total. The van der Waals surface area contributed by atoms with E-state index in [4.69, 9.17) is 37.0 Å². The highest BCUT2D eigenvalue weighted by Crippen LogP contribution is 2.45. The molecule has 5 unspecified atom stereocenters. The lowest BCUT2D eigenvalue weighted by molar-refractivity contribution is -0.161. The Hall–Kier alpha value is -5.06. The lowest BCUT2D eigenvalue weighted by Crippen LogP contribution is -2.30. The molecular formula is C81H134O17P2. The monoisotopic (exact) mass is 1440 g/mol. The lowest BCUT2D eigenvalue weighted by Gasteiger charge is -2.21. The van der Waals surface area contributed by atoms with Gasteiger partial charge < -0.3 is 33.8 Å². The largest absolute Gasteiger partial charge is 0.472 e. The standard InChI is InChI=1S/C81H134O17P2/c1-5-9-13-17-21-25-29-33-36-37-40-43-46-50-54-58-62-66-79(84)92-72-77(98-81(86)68-64-60-56-52-48-44-39-35-31-27-23-19-15-11-7-3)74-96-100(89,90)94-70-75(82)69-93-99(87,88)95-73-76(97-80(85)67-63-59-55-51-47-41-32-28-24-20-16-12-8-4)71-91-78(83)65-61-57-53-49-45-42-38-34-30-26-22-18-14-10-6-2/h9,11,13,15-16,20-23,25-28,32-36,38-39,48,52,60,64,75-77,82H,5-8,10,12,14,17-19,24,29-31,37,40-47,49-51,53-59,61-63,65-74H2,1-4H3,(H,87,88)(H,89,90)/b13-9-,15-11-,20-16-,25-21-,26-22-,27-23-,32-28-,36-33-,38-34-,39-35-,52-48-,64-60-. The molecule has 0 saturated heterocycles. The number of rotatable bonds is 70. The molecule has 0 aromatic carbocycles. The van der Waals surface area contributed by atoms with Gasteiger partial charge in [0, 0.05) is 19.3 Å². The third kappa shape index (κ3) is 71.3. The first-order chi connectivity index (χ1) is 48.7. The Balaban J connectivity index is 5.44. The van der Waals surface area contributed by atoms with Crippen molar-refractivity contribution in [1.82, 2.24) is 0 Å². The lowest BCUT2D eigenvalue weighted by atomic mass is 10.1. The van der Waals surface area contributed by atoms with Crippen LogP contribution < -0.4 is 0 Å².